The molecule has 13 nitrogen and oxygen atoms in total. The topological polar surface area (TPSA) is 208 Å². The van der Waals surface area contributed by atoms with Crippen molar-refractivity contribution in [2.24, 2.45) is 0 Å². The number of nitrogens with zero attached hydrogens (tertiary/aromatic N) is 4. The summed E-state index contributed by atoms with van der Waals surface area (Å²) in [4.78, 5) is 26.1. The van der Waals surface area contributed by atoms with E-state index in [9.17, 15) is 37.2 Å². The Balaban J connectivity index is 1.65. The van der Waals surface area contributed by atoms with Crippen LogP contribution in [0, 0.1) is 11.3 Å². The van der Waals surface area contributed by atoms with Gasteiger partial charge in [-0.15, -0.1) is 0 Å². The fourth-order valence-electron chi connectivity index (χ4n) is 4.06. The van der Waals surface area contributed by atoms with E-state index in [1.54, 1.807) is 0 Å². The van der Waals surface area contributed by atoms with Gasteiger partial charge in [-0.3, -0.25) is 9.13 Å². The number of alkyl halides is 2. The van der Waals surface area contributed by atoms with E-state index >= 15 is 0 Å². The molecule has 18 heteroatoms. The van der Waals surface area contributed by atoms with Crippen LogP contribution in [0.1, 0.15) is 24.6 Å². The number of anilines is 1. The van der Waals surface area contributed by atoms with Gasteiger partial charge < -0.3 is 30.1 Å². The van der Waals surface area contributed by atoms with E-state index in [4.69, 9.17) is 26.1 Å². The number of nitrogens with one attached hydrogen (secondary N) is 1. The van der Waals surface area contributed by atoms with Gasteiger partial charge in [0.05, 0.1) is 17.8 Å². The largest absolute Gasteiger partial charge is 0.387 e. The fourth-order valence-corrected chi connectivity index (χ4v) is 7.53. The maximum atomic E-state index is 13.3. The van der Waals surface area contributed by atoms with Gasteiger partial charge in [-0.1, -0.05) is 11.6 Å². The average Bonchev–Trinajstić information content (AvgIpc) is 3.20. The normalized spacial score (nSPS) is 27.0. The van der Waals surface area contributed by atoms with Gasteiger partial charge in [-0.25, -0.2) is 27.2 Å². The first-order valence-electron chi connectivity index (χ1n) is 9.98. The lowest BCUT2D eigenvalue weighted by Crippen LogP contribution is -2.44. The third kappa shape index (κ3) is 5.27. The number of aromatic nitrogens is 3. The van der Waals surface area contributed by atoms with E-state index in [0.717, 1.165) is 10.9 Å². The number of rotatable bonds is 7. The van der Waals surface area contributed by atoms with Crippen molar-refractivity contribution in [2.45, 2.75) is 49.3 Å². The standard InChI is InChI=1S/C17H19ClF2N5O8PS/c18-14-8(3-21)10(23-7-1-17(19,20)2-7)11-15(24-14)25(5-22-11)16-13(27)12(26)9(33-16)4-35(31,32)6-34(28,29)30/h5,7,9,12-13,16,26-27H,1-2,4,6H2,(H,23,24)(H2,28,29,30)/t9-,12-,13-,16-/m1/s1. The van der Waals surface area contributed by atoms with Crippen LogP contribution in [0.5, 0.6) is 0 Å². The van der Waals surface area contributed by atoms with Crippen molar-refractivity contribution in [1.29, 1.82) is 5.26 Å². The van der Waals surface area contributed by atoms with E-state index in [-0.39, 0.29) is 27.6 Å². The molecule has 4 atom stereocenters. The van der Waals surface area contributed by atoms with Crippen molar-refractivity contribution in [3.63, 3.8) is 0 Å². The molecule has 4 rings (SSSR count). The summed E-state index contributed by atoms with van der Waals surface area (Å²) < 4.78 is 68.4. The Morgan fingerprint density at radius 2 is 2.00 bits per heavy atom. The smallest absolute Gasteiger partial charge is 0.340 e. The molecule has 5 N–H and O–H groups in total. The first-order chi connectivity index (χ1) is 16.1. The first-order valence-corrected chi connectivity index (χ1v) is 14.0. The molecule has 0 aromatic carbocycles. The molecule has 2 fully saturated rings. The summed E-state index contributed by atoms with van der Waals surface area (Å²) >= 11 is 6.12. The van der Waals surface area contributed by atoms with Gasteiger partial charge in [-0.05, 0) is 0 Å². The van der Waals surface area contributed by atoms with E-state index in [1.807, 2.05) is 6.07 Å². The molecule has 1 saturated carbocycles. The molecule has 1 aliphatic heterocycles. The van der Waals surface area contributed by atoms with E-state index in [2.05, 4.69) is 15.3 Å². The third-order valence-electron chi connectivity index (χ3n) is 5.61. The highest BCUT2D eigenvalue weighted by Crippen LogP contribution is 2.42. The van der Waals surface area contributed by atoms with Crippen molar-refractivity contribution in [3.8, 4) is 6.07 Å². The summed E-state index contributed by atoms with van der Waals surface area (Å²) in [5.74, 6) is -3.83. The number of imidazole rings is 1. The second-order valence-corrected chi connectivity index (χ2v) is 13.0. The minimum absolute atomic E-state index is 0.0315. The predicted molar refractivity (Wildman–Crippen MR) is 115 cm³/mol. The van der Waals surface area contributed by atoms with Gasteiger partial charge in [0.15, 0.2) is 32.4 Å². The highest BCUT2D eigenvalue weighted by atomic mass is 35.5. The van der Waals surface area contributed by atoms with Crippen LogP contribution in [0.2, 0.25) is 5.15 Å². The lowest BCUT2D eigenvalue weighted by Gasteiger charge is -2.36. The zero-order valence-corrected chi connectivity index (χ0v) is 20.0. The summed E-state index contributed by atoms with van der Waals surface area (Å²) in [7, 11) is -9.30. The zero-order chi connectivity index (χ0) is 25.9. The lowest BCUT2D eigenvalue weighted by molar-refractivity contribution is -0.0793. The first kappa shape index (κ1) is 26.1. The Bertz CT molecular complexity index is 1350. The summed E-state index contributed by atoms with van der Waals surface area (Å²) in [6.45, 7) is 0. The highest BCUT2D eigenvalue weighted by molar-refractivity contribution is 7.97. The zero-order valence-electron chi connectivity index (χ0n) is 17.5. The predicted octanol–water partition coefficient (Wildman–Crippen LogP) is 0.335. The molecular formula is C17H19ClF2N5O8PS. The Morgan fingerprint density at radius 1 is 1.34 bits per heavy atom. The number of fused-ring (bicyclic) bond motifs is 1. The Hall–Kier alpha value is -1.96. The Kier molecular flexibility index (Phi) is 6.61. The SMILES string of the molecule is N#Cc1c(Cl)nc2c(ncn2[C@@H]2O[C@H](CS(=O)(=O)CP(=O)(O)O)[C@@H](O)[C@H]2O)c1NC1CC(F)(F)C1. The maximum absolute atomic E-state index is 13.3. The van der Waals surface area contributed by atoms with Gasteiger partial charge >= 0.3 is 7.60 Å². The molecule has 0 unspecified atom stereocenters. The molecule has 2 aromatic heterocycles. The maximum Gasteiger partial charge on any atom is 0.340 e. The van der Waals surface area contributed by atoms with Crippen LogP contribution in [0.3, 0.4) is 0 Å². The molecule has 1 aliphatic carbocycles. The number of halogens is 3. The number of hydrogen-bond acceptors (Lipinski definition) is 10. The van der Waals surface area contributed by atoms with Gasteiger partial charge in [-0.2, -0.15) is 5.26 Å². The van der Waals surface area contributed by atoms with Gasteiger partial charge in [0.1, 0.15) is 35.5 Å². The second kappa shape index (κ2) is 8.86. The van der Waals surface area contributed by atoms with Gasteiger partial charge in [0.2, 0.25) is 0 Å². The van der Waals surface area contributed by atoms with Crippen LogP contribution in [-0.4, -0.2) is 84.5 Å². The fraction of sp³-hybridized carbons (Fsp3) is 0.588. The molecule has 192 valence electrons. The monoisotopic (exact) mass is 557 g/mol. The van der Waals surface area contributed by atoms with Gasteiger partial charge in [0, 0.05) is 18.9 Å². The molecule has 0 spiro atoms. The number of sulfone groups is 1. The quantitative estimate of drug-likeness (QED) is 0.230. The Labute approximate surface area is 201 Å². The number of hydrogen-bond donors (Lipinski definition) is 5. The van der Waals surface area contributed by atoms with Crippen LogP contribution in [0.15, 0.2) is 6.33 Å². The molecule has 0 radical (unpaired) electrons. The third-order valence-corrected chi connectivity index (χ3v) is 9.64. The van der Waals surface area contributed by atoms with Crippen molar-refractivity contribution < 1.29 is 46.5 Å². The molecule has 35 heavy (non-hydrogen) atoms. The average molecular weight is 558 g/mol. The minimum atomic E-state index is -4.92. The van der Waals surface area contributed by atoms with Crippen molar-refractivity contribution >= 4 is 45.9 Å². The summed E-state index contributed by atoms with van der Waals surface area (Å²) in [5.41, 5.74) is -1.60. The molecule has 0 amide bonds. The highest BCUT2D eigenvalue weighted by Gasteiger charge is 2.48. The van der Waals surface area contributed by atoms with E-state index in [1.165, 1.54) is 0 Å². The van der Waals surface area contributed by atoms with Crippen molar-refractivity contribution in [2.75, 3.05) is 16.6 Å². The van der Waals surface area contributed by atoms with Gasteiger partial charge in [0.25, 0.3) is 5.92 Å². The summed E-state index contributed by atoms with van der Waals surface area (Å²) in [5, 5.41) is 32.8. The van der Waals surface area contributed by atoms with Crippen LogP contribution in [-0.2, 0) is 19.1 Å². The molecule has 2 aromatic rings. The molecule has 3 heterocycles. The van der Waals surface area contributed by atoms with Crippen LogP contribution in [0.4, 0.5) is 14.5 Å². The number of nitriles is 1. The molecule has 2 aliphatic rings. The van der Waals surface area contributed by atoms with Crippen molar-refractivity contribution in [1.82, 2.24) is 14.5 Å². The lowest BCUT2D eigenvalue weighted by atomic mass is 9.88. The molecular weight excluding hydrogens is 539 g/mol. The summed E-state index contributed by atoms with van der Waals surface area (Å²) in [6.07, 6.45) is -6.28. The minimum Gasteiger partial charge on any atom is -0.387 e. The van der Waals surface area contributed by atoms with Crippen molar-refractivity contribution in [3.05, 3.63) is 17.0 Å². The number of pyridine rings is 1. The van der Waals surface area contributed by atoms with E-state index < -0.39 is 78.0 Å². The molecule has 1 saturated heterocycles. The number of aliphatic hydroxyl groups is 2. The summed E-state index contributed by atoms with van der Waals surface area (Å²) in [6, 6.07) is 1.17. The Morgan fingerprint density at radius 3 is 2.57 bits per heavy atom. The second-order valence-electron chi connectivity index (χ2n) is 8.44. The number of aliphatic hydroxyl groups excluding tert-OH is 2. The van der Waals surface area contributed by atoms with Crippen LogP contribution in [0.25, 0.3) is 11.2 Å². The number of ether oxygens (including phenoxy) is 1. The van der Waals surface area contributed by atoms with E-state index in [0.29, 0.717) is 0 Å². The molecule has 0 bridgehead atoms. The van der Waals surface area contributed by atoms with Crippen LogP contribution >= 0.6 is 19.2 Å². The van der Waals surface area contributed by atoms with Crippen LogP contribution < -0.4 is 5.32 Å².